The van der Waals surface area contributed by atoms with E-state index in [1.165, 1.54) is 18.0 Å². The van der Waals surface area contributed by atoms with Crippen molar-refractivity contribution < 1.29 is 13.5 Å². The highest BCUT2D eigenvalue weighted by molar-refractivity contribution is 5.80. The number of guanidine groups is 1. The van der Waals surface area contributed by atoms with Gasteiger partial charge in [0, 0.05) is 26.0 Å². The van der Waals surface area contributed by atoms with Gasteiger partial charge in [0.25, 0.3) is 0 Å². The molecule has 1 fully saturated rings. The van der Waals surface area contributed by atoms with Crippen LogP contribution in [0.4, 0.5) is 8.78 Å². The van der Waals surface area contributed by atoms with Crippen molar-refractivity contribution in [2.24, 2.45) is 4.99 Å². The minimum absolute atomic E-state index is 0.0495. The summed E-state index contributed by atoms with van der Waals surface area (Å²) in [6.07, 6.45) is 2.59. The van der Waals surface area contributed by atoms with Crippen LogP contribution in [0.2, 0.25) is 0 Å². The molecule has 0 radical (unpaired) electrons. The molecule has 0 amide bonds. The predicted molar refractivity (Wildman–Crippen MR) is 95.1 cm³/mol. The molecule has 1 unspecified atom stereocenters. The number of benzene rings is 1. The van der Waals surface area contributed by atoms with E-state index in [9.17, 15) is 8.78 Å². The Morgan fingerprint density at radius 3 is 2.96 bits per heavy atom. The van der Waals surface area contributed by atoms with Crippen LogP contribution in [0.25, 0.3) is 0 Å². The van der Waals surface area contributed by atoms with Crippen molar-refractivity contribution in [1.82, 2.24) is 19.8 Å². The summed E-state index contributed by atoms with van der Waals surface area (Å²) >= 11 is 0. The minimum Gasteiger partial charge on any atom is -0.370 e. The second kappa shape index (κ2) is 8.27. The molecule has 0 saturated carbocycles. The largest absolute Gasteiger partial charge is 0.370 e. The van der Waals surface area contributed by atoms with Gasteiger partial charge in [-0.05, 0) is 18.1 Å². The molecule has 140 valence electrons. The third-order valence-corrected chi connectivity index (χ3v) is 4.48. The third kappa shape index (κ3) is 4.01. The number of hydrogen-bond donors (Lipinski definition) is 1. The SMILES string of the molecule is CN=C(NCc1nccn1C(F)F)N1CCOC(c2ccccc2C)C1. The predicted octanol–water partition coefficient (Wildman–Crippen LogP) is 2.74. The summed E-state index contributed by atoms with van der Waals surface area (Å²) in [4.78, 5) is 10.4. The highest BCUT2D eigenvalue weighted by Crippen LogP contribution is 2.25. The van der Waals surface area contributed by atoms with E-state index in [2.05, 4.69) is 39.2 Å². The lowest BCUT2D eigenvalue weighted by Gasteiger charge is -2.35. The molecule has 1 aliphatic heterocycles. The van der Waals surface area contributed by atoms with Gasteiger partial charge in [-0.25, -0.2) is 4.98 Å². The second-order valence-corrected chi connectivity index (χ2v) is 6.09. The highest BCUT2D eigenvalue weighted by Gasteiger charge is 2.25. The van der Waals surface area contributed by atoms with Crippen molar-refractivity contribution in [1.29, 1.82) is 0 Å². The summed E-state index contributed by atoms with van der Waals surface area (Å²) in [5, 5.41) is 3.13. The van der Waals surface area contributed by atoms with Crippen LogP contribution >= 0.6 is 0 Å². The van der Waals surface area contributed by atoms with E-state index in [0.717, 1.165) is 10.1 Å². The molecule has 8 heteroatoms. The van der Waals surface area contributed by atoms with Crippen LogP contribution in [0.15, 0.2) is 41.7 Å². The topological polar surface area (TPSA) is 54.7 Å². The Morgan fingerprint density at radius 2 is 2.23 bits per heavy atom. The van der Waals surface area contributed by atoms with Gasteiger partial charge in [0.2, 0.25) is 0 Å². The van der Waals surface area contributed by atoms with Gasteiger partial charge in [0.15, 0.2) is 5.96 Å². The van der Waals surface area contributed by atoms with Crippen LogP contribution in [0.5, 0.6) is 0 Å². The Hall–Kier alpha value is -2.48. The minimum atomic E-state index is -2.61. The average molecular weight is 363 g/mol. The molecule has 6 nitrogen and oxygen atoms in total. The number of ether oxygens (including phenoxy) is 1. The zero-order valence-corrected chi connectivity index (χ0v) is 14.9. The number of halogens is 2. The Labute approximate surface area is 151 Å². The van der Waals surface area contributed by atoms with Crippen LogP contribution in [0, 0.1) is 6.92 Å². The maximum absolute atomic E-state index is 12.9. The third-order valence-electron chi connectivity index (χ3n) is 4.48. The van der Waals surface area contributed by atoms with Gasteiger partial charge in [-0.15, -0.1) is 0 Å². The van der Waals surface area contributed by atoms with Gasteiger partial charge < -0.3 is 15.0 Å². The lowest BCUT2D eigenvalue weighted by molar-refractivity contribution is -0.00837. The molecular weight excluding hydrogens is 340 g/mol. The lowest BCUT2D eigenvalue weighted by atomic mass is 10.0. The summed E-state index contributed by atoms with van der Waals surface area (Å²) < 4.78 is 32.6. The van der Waals surface area contributed by atoms with Gasteiger partial charge >= 0.3 is 6.55 Å². The van der Waals surface area contributed by atoms with E-state index in [4.69, 9.17) is 4.74 Å². The molecular formula is C18H23F2N5O. The summed E-state index contributed by atoms with van der Waals surface area (Å²) in [6.45, 7) is 1.54. The second-order valence-electron chi connectivity index (χ2n) is 6.09. The first-order valence-electron chi connectivity index (χ1n) is 8.52. The van der Waals surface area contributed by atoms with E-state index in [1.807, 2.05) is 12.1 Å². The molecule has 1 aromatic carbocycles. The Morgan fingerprint density at radius 1 is 1.42 bits per heavy atom. The normalized spacial score (nSPS) is 18.4. The van der Waals surface area contributed by atoms with Crippen LogP contribution < -0.4 is 5.32 Å². The summed E-state index contributed by atoms with van der Waals surface area (Å²) in [5.74, 6) is 0.917. The van der Waals surface area contributed by atoms with Gasteiger partial charge in [-0.3, -0.25) is 9.56 Å². The molecule has 2 heterocycles. The lowest BCUT2D eigenvalue weighted by Crippen LogP contribution is -2.48. The number of aromatic nitrogens is 2. The van der Waals surface area contributed by atoms with Gasteiger partial charge in [0.1, 0.15) is 11.9 Å². The zero-order valence-electron chi connectivity index (χ0n) is 14.9. The van der Waals surface area contributed by atoms with Crippen LogP contribution in [0.3, 0.4) is 0 Å². The van der Waals surface area contributed by atoms with Gasteiger partial charge in [-0.2, -0.15) is 8.78 Å². The zero-order chi connectivity index (χ0) is 18.5. The number of nitrogens with zero attached hydrogens (tertiary/aromatic N) is 4. The number of nitrogens with one attached hydrogen (secondary N) is 1. The summed E-state index contributed by atoms with van der Waals surface area (Å²) in [7, 11) is 1.68. The van der Waals surface area contributed by atoms with Crippen LogP contribution in [-0.2, 0) is 11.3 Å². The van der Waals surface area contributed by atoms with E-state index < -0.39 is 6.55 Å². The first-order chi connectivity index (χ1) is 12.6. The number of alkyl halides is 2. The van der Waals surface area contributed by atoms with E-state index in [1.54, 1.807) is 7.05 Å². The molecule has 1 N–H and O–H groups in total. The number of aliphatic imine (C=N–C) groups is 1. The van der Waals surface area contributed by atoms with Crippen molar-refractivity contribution in [2.45, 2.75) is 26.1 Å². The number of morpholine rings is 1. The molecule has 3 rings (SSSR count). The molecule has 26 heavy (non-hydrogen) atoms. The monoisotopic (exact) mass is 363 g/mol. The van der Waals surface area contributed by atoms with Crippen molar-refractivity contribution in [3.63, 3.8) is 0 Å². The van der Waals surface area contributed by atoms with E-state index in [0.29, 0.717) is 25.7 Å². The van der Waals surface area contributed by atoms with Crippen LogP contribution in [-0.4, -0.2) is 47.2 Å². The smallest absolute Gasteiger partial charge is 0.319 e. The molecule has 1 aromatic heterocycles. The molecule has 1 atom stereocenters. The highest BCUT2D eigenvalue weighted by atomic mass is 19.3. The Kier molecular flexibility index (Phi) is 5.82. The van der Waals surface area contributed by atoms with Crippen molar-refractivity contribution >= 4 is 5.96 Å². The maximum atomic E-state index is 12.9. The fourth-order valence-corrected chi connectivity index (χ4v) is 3.13. The van der Waals surface area contributed by atoms with Crippen LogP contribution in [0.1, 0.15) is 29.6 Å². The number of aryl methyl sites for hydroxylation is 1. The number of rotatable bonds is 4. The quantitative estimate of drug-likeness (QED) is 0.670. The Bertz CT molecular complexity index is 762. The Balaban J connectivity index is 1.66. The van der Waals surface area contributed by atoms with Gasteiger partial charge in [-0.1, -0.05) is 24.3 Å². The molecule has 1 aliphatic rings. The number of hydrogen-bond acceptors (Lipinski definition) is 3. The fraction of sp³-hybridized carbons (Fsp3) is 0.444. The molecule has 1 saturated heterocycles. The van der Waals surface area contributed by atoms with E-state index >= 15 is 0 Å². The van der Waals surface area contributed by atoms with E-state index in [-0.39, 0.29) is 18.5 Å². The molecule has 0 bridgehead atoms. The first kappa shape index (κ1) is 18.3. The first-order valence-corrected chi connectivity index (χ1v) is 8.52. The average Bonchev–Trinajstić information content (AvgIpc) is 3.12. The summed E-state index contributed by atoms with van der Waals surface area (Å²) in [6, 6.07) is 8.14. The standard InChI is InChI=1S/C18H23F2N5O/c1-13-5-3-4-6-14(13)15-12-24(9-10-26-15)18(21-2)23-11-16-22-7-8-25(16)17(19)20/h3-8,15,17H,9-12H2,1-2H3,(H,21,23). The number of imidazole rings is 1. The molecule has 2 aromatic rings. The van der Waals surface area contributed by atoms with Crippen molar-refractivity contribution in [2.75, 3.05) is 26.7 Å². The van der Waals surface area contributed by atoms with Gasteiger partial charge in [0.05, 0.1) is 19.7 Å². The van der Waals surface area contributed by atoms with Crippen molar-refractivity contribution in [3.8, 4) is 0 Å². The van der Waals surface area contributed by atoms with Crippen molar-refractivity contribution in [3.05, 3.63) is 53.6 Å². The maximum Gasteiger partial charge on any atom is 0.319 e. The fourth-order valence-electron chi connectivity index (χ4n) is 3.13. The molecule has 0 aliphatic carbocycles. The molecule has 0 spiro atoms. The summed E-state index contributed by atoms with van der Waals surface area (Å²) in [5.41, 5.74) is 2.34.